The highest BCUT2D eigenvalue weighted by atomic mass is 32.2. The molecule has 16 nitrogen and oxygen atoms in total. The average Bonchev–Trinajstić information content (AvgIpc) is 4.09. The van der Waals surface area contributed by atoms with Gasteiger partial charge in [-0.05, 0) is 73.5 Å². The Morgan fingerprint density at radius 2 is 1.17 bits per heavy atom. The second kappa shape index (κ2) is 18.4. The van der Waals surface area contributed by atoms with Gasteiger partial charge in [-0.15, -0.1) is 30.6 Å². The molecule has 0 radical (unpaired) electrons. The van der Waals surface area contributed by atoms with Crippen LogP contribution in [-0.2, 0) is 23.7 Å². The summed E-state index contributed by atoms with van der Waals surface area (Å²) in [5, 5.41) is 35.7. The zero-order valence-corrected chi connectivity index (χ0v) is 33.3. The van der Waals surface area contributed by atoms with Crippen LogP contribution >= 0.6 is 23.5 Å². The van der Waals surface area contributed by atoms with E-state index < -0.39 is 0 Å². The first-order chi connectivity index (χ1) is 28.3. The van der Waals surface area contributed by atoms with Gasteiger partial charge in [0.25, 0.3) is 12.9 Å². The second-order valence-electron chi connectivity index (χ2n) is 12.7. The van der Waals surface area contributed by atoms with Crippen LogP contribution in [0, 0.1) is 0 Å². The molecule has 0 N–H and O–H groups in total. The summed E-state index contributed by atoms with van der Waals surface area (Å²) in [5.74, 6) is 0.923. The van der Waals surface area contributed by atoms with Crippen LogP contribution in [0.3, 0.4) is 0 Å². The van der Waals surface area contributed by atoms with E-state index in [2.05, 4.69) is 79.0 Å². The number of aryl methyl sites for hydroxylation is 2. The molecule has 0 amide bonds. The fourth-order valence-corrected chi connectivity index (χ4v) is 7.46. The first kappa shape index (κ1) is 39.3. The molecular weight excluding hydrogens is 777 g/mol. The van der Waals surface area contributed by atoms with Crippen LogP contribution in [0.1, 0.15) is 35.5 Å². The molecule has 0 aliphatic carbocycles. The molecule has 0 unspecified atom stereocenters. The maximum absolute atomic E-state index is 10.6. The van der Waals surface area contributed by atoms with Crippen LogP contribution in [0.15, 0.2) is 132 Å². The van der Waals surface area contributed by atoms with E-state index in [9.17, 15) is 9.59 Å². The third-order valence-electron chi connectivity index (χ3n) is 8.69. The molecule has 4 aromatic heterocycles. The van der Waals surface area contributed by atoms with Gasteiger partial charge in [0.2, 0.25) is 0 Å². The molecule has 292 valence electrons. The normalized spacial score (nSPS) is 11.9. The SMILES string of the molecule is C[C@H](Sc1nncn1C)c1cccc(-n2cc(-c3cccc(OC=O)c3)nn2)c1.C[C@H](Sc1nncn1C)c1cccc(-n2ncc(-c3cccc(OC=O)c3)n2)c1. The number of aromatic nitrogens is 12. The highest BCUT2D eigenvalue weighted by molar-refractivity contribution is 7.99. The second-order valence-corrected chi connectivity index (χ2v) is 15.3. The van der Waals surface area contributed by atoms with E-state index in [4.69, 9.17) is 9.47 Å². The molecule has 18 heteroatoms. The number of thioether (sulfide) groups is 2. The van der Waals surface area contributed by atoms with Crippen molar-refractivity contribution < 1.29 is 19.1 Å². The predicted octanol–water partition coefficient (Wildman–Crippen LogP) is 6.90. The van der Waals surface area contributed by atoms with Gasteiger partial charge in [0.05, 0.1) is 23.8 Å². The van der Waals surface area contributed by atoms with E-state index >= 15 is 0 Å². The van der Waals surface area contributed by atoms with Gasteiger partial charge in [-0.2, -0.15) is 9.90 Å². The van der Waals surface area contributed by atoms with Crippen molar-refractivity contribution >= 4 is 36.5 Å². The summed E-state index contributed by atoms with van der Waals surface area (Å²) in [6, 6.07) is 30.5. The highest BCUT2D eigenvalue weighted by Crippen LogP contribution is 2.35. The fourth-order valence-electron chi connectivity index (χ4n) is 5.64. The van der Waals surface area contributed by atoms with E-state index in [1.807, 2.05) is 65.8 Å². The number of benzene rings is 4. The van der Waals surface area contributed by atoms with Crippen molar-refractivity contribution in [2.45, 2.75) is 34.7 Å². The van der Waals surface area contributed by atoms with Crippen LogP contribution in [0.4, 0.5) is 0 Å². The molecule has 0 bridgehead atoms. The number of ether oxygens (including phenoxy) is 2. The van der Waals surface area contributed by atoms with Crippen molar-refractivity contribution in [2.24, 2.45) is 14.1 Å². The molecule has 0 saturated carbocycles. The number of rotatable bonds is 14. The molecule has 4 aromatic carbocycles. The Balaban J connectivity index is 0.000000177. The lowest BCUT2D eigenvalue weighted by atomic mass is 10.1. The van der Waals surface area contributed by atoms with Crippen molar-refractivity contribution in [2.75, 3.05) is 0 Å². The Kier molecular flexibility index (Phi) is 12.4. The van der Waals surface area contributed by atoms with E-state index in [1.165, 1.54) is 0 Å². The molecule has 2 atom stereocenters. The van der Waals surface area contributed by atoms with Crippen molar-refractivity contribution in [3.05, 3.63) is 133 Å². The molecule has 0 aliphatic rings. The first-order valence-electron chi connectivity index (χ1n) is 17.8. The monoisotopic (exact) mass is 812 g/mol. The minimum Gasteiger partial charge on any atom is -0.429 e. The third-order valence-corrected chi connectivity index (χ3v) is 11.1. The number of carbonyl (C=O) groups is 2. The summed E-state index contributed by atoms with van der Waals surface area (Å²) in [6.45, 7) is 5.06. The van der Waals surface area contributed by atoms with Gasteiger partial charge in [0.15, 0.2) is 10.3 Å². The van der Waals surface area contributed by atoms with Crippen molar-refractivity contribution in [1.82, 2.24) is 59.5 Å². The maximum atomic E-state index is 10.6. The van der Waals surface area contributed by atoms with Crippen molar-refractivity contribution in [3.8, 4) is 45.4 Å². The Hall–Kier alpha value is -6.92. The average molecular weight is 813 g/mol. The minimum absolute atomic E-state index is 0.185. The van der Waals surface area contributed by atoms with Crippen LogP contribution < -0.4 is 9.47 Å². The van der Waals surface area contributed by atoms with Crippen LogP contribution in [0.5, 0.6) is 11.5 Å². The van der Waals surface area contributed by atoms with E-state index in [0.29, 0.717) is 35.8 Å². The van der Waals surface area contributed by atoms with Gasteiger partial charge in [-0.1, -0.05) is 77.3 Å². The zero-order valence-electron chi connectivity index (χ0n) is 31.7. The Morgan fingerprint density at radius 3 is 1.72 bits per heavy atom. The zero-order chi connectivity index (χ0) is 40.4. The molecule has 4 heterocycles. The lowest BCUT2D eigenvalue weighted by Gasteiger charge is -2.12. The van der Waals surface area contributed by atoms with Crippen molar-refractivity contribution in [1.29, 1.82) is 0 Å². The van der Waals surface area contributed by atoms with E-state index in [0.717, 1.165) is 43.9 Å². The molecule has 0 fully saturated rings. The lowest BCUT2D eigenvalue weighted by molar-refractivity contribution is -0.121. The van der Waals surface area contributed by atoms with Gasteiger partial charge >= 0.3 is 0 Å². The van der Waals surface area contributed by atoms with E-state index in [1.54, 1.807) is 88.3 Å². The summed E-state index contributed by atoms with van der Waals surface area (Å²) in [6.07, 6.45) is 6.91. The number of hydrogen-bond acceptors (Lipinski definition) is 14. The Bertz CT molecular complexity index is 2460. The molecule has 8 aromatic rings. The third kappa shape index (κ3) is 9.54. The summed E-state index contributed by atoms with van der Waals surface area (Å²) in [5.41, 5.74) is 7.06. The standard InChI is InChI=1S/2C20H18N6O2S/c1-14(29-20-23-21-12-25(20)2)15-5-3-7-17(9-15)26-11-19(22-24-26)16-6-4-8-18(10-16)28-13-27;1-14(29-20-23-21-12-25(20)2)15-5-3-7-17(9-15)26-22-11-19(24-26)16-6-4-8-18(10-16)28-13-27/h2*3-14H,1-2H3/t2*14-/m00/s1. The molecule has 0 aliphatic heterocycles. The first-order valence-corrected chi connectivity index (χ1v) is 19.5. The molecule has 0 saturated heterocycles. The lowest BCUT2D eigenvalue weighted by Crippen LogP contribution is -2.01. The molecule has 0 spiro atoms. The quantitative estimate of drug-likeness (QED) is 0.0819. The number of carbonyl (C=O) groups excluding carboxylic acids is 2. The largest absolute Gasteiger partial charge is 0.429 e. The summed E-state index contributed by atoms with van der Waals surface area (Å²) >= 11 is 3.28. The van der Waals surface area contributed by atoms with Crippen LogP contribution in [0.25, 0.3) is 33.9 Å². The minimum atomic E-state index is 0.185. The number of nitrogens with zero attached hydrogens (tertiary/aromatic N) is 12. The topological polar surface area (TPSA) is 175 Å². The smallest absolute Gasteiger partial charge is 0.298 e. The predicted molar refractivity (Wildman–Crippen MR) is 218 cm³/mol. The molecule has 8 rings (SSSR count). The summed E-state index contributed by atoms with van der Waals surface area (Å²) in [7, 11) is 3.85. The van der Waals surface area contributed by atoms with Gasteiger partial charge in [0, 0.05) is 35.7 Å². The summed E-state index contributed by atoms with van der Waals surface area (Å²) < 4.78 is 15.3. The maximum Gasteiger partial charge on any atom is 0.298 e. The fraction of sp³-hybridized carbons (Fsp3) is 0.150. The molecule has 58 heavy (non-hydrogen) atoms. The number of hydrogen-bond donors (Lipinski definition) is 0. The van der Waals surface area contributed by atoms with Crippen LogP contribution in [-0.4, -0.2) is 72.5 Å². The summed E-state index contributed by atoms with van der Waals surface area (Å²) in [4.78, 5) is 22.7. The highest BCUT2D eigenvalue weighted by Gasteiger charge is 2.15. The van der Waals surface area contributed by atoms with Crippen LogP contribution in [0.2, 0.25) is 0 Å². The van der Waals surface area contributed by atoms with Gasteiger partial charge in [-0.25, -0.2) is 4.68 Å². The van der Waals surface area contributed by atoms with Gasteiger partial charge in [-0.3, -0.25) is 9.59 Å². The van der Waals surface area contributed by atoms with Crippen molar-refractivity contribution in [3.63, 3.8) is 0 Å². The van der Waals surface area contributed by atoms with Gasteiger partial charge < -0.3 is 18.6 Å². The van der Waals surface area contributed by atoms with E-state index in [-0.39, 0.29) is 10.5 Å². The van der Waals surface area contributed by atoms with Gasteiger partial charge in [0.1, 0.15) is 35.5 Å². The molecular formula is C40H36N12O4S2. The Labute approximate surface area is 341 Å². The Morgan fingerprint density at radius 1 is 0.638 bits per heavy atom.